The van der Waals surface area contributed by atoms with Crippen molar-refractivity contribution in [2.24, 2.45) is 0 Å². The third-order valence-corrected chi connectivity index (χ3v) is 5.41. The van der Waals surface area contributed by atoms with Gasteiger partial charge in [0.05, 0.1) is 30.9 Å². The largest absolute Gasteiger partial charge is 0.464 e. The minimum Gasteiger partial charge on any atom is -0.464 e. The van der Waals surface area contributed by atoms with Crippen molar-refractivity contribution in [3.63, 3.8) is 0 Å². The van der Waals surface area contributed by atoms with E-state index >= 15 is 0 Å². The first-order chi connectivity index (χ1) is 12.9. The zero-order valence-corrected chi connectivity index (χ0v) is 16.4. The molecule has 0 unspecified atom stereocenters. The number of amides is 1. The Labute approximate surface area is 160 Å². The van der Waals surface area contributed by atoms with Crippen molar-refractivity contribution in [3.8, 4) is 0 Å². The molecule has 7 heteroatoms. The molecule has 3 aromatic rings. The average Bonchev–Trinajstić information content (AvgIpc) is 3.01. The number of fused-ring (bicyclic) bond motifs is 2. The lowest BCUT2D eigenvalue weighted by atomic mass is 10.0. The van der Waals surface area contributed by atoms with Crippen LogP contribution in [0.3, 0.4) is 0 Å². The van der Waals surface area contributed by atoms with Crippen molar-refractivity contribution < 1.29 is 18.7 Å². The molecule has 0 aliphatic heterocycles. The second kappa shape index (κ2) is 8.19. The summed E-state index contributed by atoms with van der Waals surface area (Å²) in [5.41, 5.74) is 2.63. The molecule has 2 N–H and O–H groups in total. The maximum absolute atomic E-state index is 12.4. The maximum atomic E-state index is 12.4. The van der Waals surface area contributed by atoms with Crippen molar-refractivity contribution >= 4 is 39.6 Å². The number of furan rings is 1. The molecule has 0 fully saturated rings. The van der Waals surface area contributed by atoms with E-state index in [1.165, 1.54) is 0 Å². The minimum absolute atomic E-state index is 0.0811. The lowest BCUT2D eigenvalue weighted by molar-refractivity contribution is -0.121. The molecule has 6 nitrogen and oxygen atoms in total. The number of aliphatic hydroxyl groups is 1. The molecule has 0 aliphatic rings. The van der Waals surface area contributed by atoms with Gasteiger partial charge in [-0.25, -0.2) is 4.79 Å². The molecule has 0 aliphatic carbocycles. The van der Waals surface area contributed by atoms with Crippen molar-refractivity contribution in [3.05, 3.63) is 45.5 Å². The molecule has 1 aromatic carbocycles. The average molecular weight is 389 g/mol. The van der Waals surface area contributed by atoms with E-state index in [1.54, 1.807) is 24.1 Å². The van der Waals surface area contributed by atoms with E-state index in [0.29, 0.717) is 23.2 Å². The van der Waals surface area contributed by atoms with Gasteiger partial charge in [-0.15, -0.1) is 0 Å². The predicted molar refractivity (Wildman–Crippen MR) is 107 cm³/mol. The lowest BCUT2D eigenvalue weighted by Gasteiger charge is -2.16. The second-order valence-corrected chi connectivity index (χ2v) is 7.65. The van der Waals surface area contributed by atoms with Crippen LogP contribution in [0.4, 0.5) is 0 Å². The second-order valence-electron chi connectivity index (χ2n) is 6.66. The van der Waals surface area contributed by atoms with Crippen LogP contribution >= 0.6 is 11.8 Å². The van der Waals surface area contributed by atoms with Crippen LogP contribution in [0.15, 0.2) is 32.0 Å². The summed E-state index contributed by atoms with van der Waals surface area (Å²) >= 11 is 1.65. The Hall–Kier alpha value is -2.25. The molecule has 0 saturated heterocycles. The van der Waals surface area contributed by atoms with Gasteiger partial charge in [0, 0.05) is 16.8 Å². The first kappa shape index (κ1) is 19.5. The number of hydrogen-bond acceptors (Lipinski definition) is 6. The third kappa shape index (κ3) is 4.04. The summed E-state index contributed by atoms with van der Waals surface area (Å²) < 4.78 is 10.9. The van der Waals surface area contributed by atoms with Crippen molar-refractivity contribution in [2.75, 3.05) is 18.6 Å². The number of thioether (sulfide) groups is 1. The van der Waals surface area contributed by atoms with E-state index in [4.69, 9.17) is 8.83 Å². The van der Waals surface area contributed by atoms with E-state index < -0.39 is 5.63 Å². The van der Waals surface area contributed by atoms with Crippen LogP contribution in [0, 0.1) is 13.8 Å². The Morgan fingerprint density at radius 1 is 1.26 bits per heavy atom. The van der Waals surface area contributed by atoms with E-state index in [-0.39, 0.29) is 25.0 Å². The highest BCUT2D eigenvalue weighted by atomic mass is 32.2. The van der Waals surface area contributed by atoms with E-state index in [1.807, 2.05) is 26.2 Å². The first-order valence-electron chi connectivity index (χ1n) is 8.78. The predicted octanol–water partition coefficient (Wildman–Crippen LogP) is 2.93. The molecule has 0 spiro atoms. The highest BCUT2D eigenvalue weighted by Crippen LogP contribution is 2.28. The van der Waals surface area contributed by atoms with Gasteiger partial charge in [-0.05, 0) is 49.5 Å². The van der Waals surface area contributed by atoms with E-state index in [0.717, 1.165) is 27.7 Å². The van der Waals surface area contributed by atoms with Crippen molar-refractivity contribution in [2.45, 2.75) is 32.7 Å². The number of aliphatic hydroxyl groups excluding tert-OH is 1. The van der Waals surface area contributed by atoms with Crippen molar-refractivity contribution in [1.29, 1.82) is 0 Å². The molecular formula is C20H23NO5S. The fourth-order valence-corrected chi connectivity index (χ4v) is 3.67. The van der Waals surface area contributed by atoms with Gasteiger partial charge in [0.1, 0.15) is 11.2 Å². The summed E-state index contributed by atoms with van der Waals surface area (Å²) in [6.45, 7) is 3.64. The summed E-state index contributed by atoms with van der Waals surface area (Å²) in [6, 6.07) is 3.32. The van der Waals surface area contributed by atoms with Gasteiger partial charge in [-0.1, -0.05) is 0 Å². The summed E-state index contributed by atoms with van der Waals surface area (Å²) in [6.07, 6.45) is 4.22. The quantitative estimate of drug-likeness (QED) is 0.604. The Bertz CT molecular complexity index is 1040. The van der Waals surface area contributed by atoms with Crippen LogP contribution in [0.1, 0.15) is 23.1 Å². The molecule has 1 atom stereocenters. The van der Waals surface area contributed by atoms with Gasteiger partial charge < -0.3 is 19.3 Å². The smallest absolute Gasteiger partial charge is 0.340 e. The molecule has 3 rings (SSSR count). The van der Waals surface area contributed by atoms with E-state index in [9.17, 15) is 14.7 Å². The van der Waals surface area contributed by atoms with Gasteiger partial charge in [-0.2, -0.15) is 11.8 Å². The van der Waals surface area contributed by atoms with Crippen LogP contribution in [0.25, 0.3) is 21.9 Å². The van der Waals surface area contributed by atoms with Crippen LogP contribution in [-0.2, 0) is 11.2 Å². The fraction of sp³-hybridized carbons (Fsp3) is 0.400. The van der Waals surface area contributed by atoms with Crippen molar-refractivity contribution in [1.82, 2.24) is 5.32 Å². The number of carbonyl (C=O) groups excluding carboxylic acids is 1. The Morgan fingerprint density at radius 3 is 2.74 bits per heavy atom. The summed E-state index contributed by atoms with van der Waals surface area (Å²) in [7, 11) is 0. The monoisotopic (exact) mass is 389 g/mol. The Kier molecular flexibility index (Phi) is 5.92. The molecular weight excluding hydrogens is 366 g/mol. The number of hydrogen-bond donors (Lipinski definition) is 2. The van der Waals surface area contributed by atoms with E-state index in [2.05, 4.69) is 5.32 Å². The SMILES string of the molecule is CSCC[C@H](CO)NC(=O)Cc1c(C)c2cc3c(C)coc3cc2oc1=O. The highest BCUT2D eigenvalue weighted by molar-refractivity contribution is 7.98. The molecule has 0 radical (unpaired) electrons. The van der Waals surface area contributed by atoms with Gasteiger partial charge in [0.2, 0.25) is 5.91 Å². The van der Waals surface area contributed by atoms with Crippen LogP contribution < -0.4 is 10.9 Å². The summed E-state index contributed by atoms with van der Waals surface area (Å²) in [5.74, 6) is 0.536. The normalized spacial score (nSPS) is 12.6. The van der Waals surface area contributed by atoms with Crippen LogP contribution in [0.2, 0.25) is 0 Å². The number of aryl methyl sites for hydroxylation is 2. The number of nitrogens with one attached hydrogen (secondary N) is 1. The summed E-state index contributed by atoms with van der Waals surface area (Å²) in [4.78, 5) is 24.8. The van der Waals surface area contributed by atoms with Gasteiger partial charge in [0.15, 0.2) is 0 Å². The third-order valence-electron chi connectivity index (χ3n) is 4.77. The molecule has 0 saturated carbocycles. The first-order valence-corrected chi connectivity index (χ1v) is 10.2. The zero-order chi connectivity index (χ0) is 19.6. The minimum atomic E-state index is -0.526. The standard InChI is InChI=1S/C20H23NO5S/c1-11-10-25-17-8-18-15(6-14(11)17)12(2)16(20(24)26-18)7-19(23)21-13(9-22)4-5-27-3/h6,8,10,13,22H,4-5,7,9H2,1-3H3,(H,21,23)/t13-/m1/s1. The lowest BCUT2D eigenvalue weighted by Crippen LogP contribution is -2.39. The maximum Gasteiger partial charge on any atom is 0.340 e. The molecule has 1 amide bonds. The molecule has 0 bridgehead atoms. The fourth-order valence-electron chi connectivity index (χ4n) is 3.15. The zero-order valence-electron chi connectivity index (χ0n) is 15.6. The van der Waals surface area contributed by atoms with Gasteiger partial charge >= 0.3 is 5.63 Å². The van der Waals surface area contributed by atoms with Gasteiger partial charge in [-0.3, -0.25) is 4.79 Å². The van der Waals surface area contributed by atoms with Crippen LogP contribution in [-0.4, -0.2) is 35.7 Å². The molecule has 2 aromatic heterocycles. The summed E-state index contributed by atoms with van der Waals surface area (Å²) in [5, 5.41) is 13.9. The highest BCUT2D eigenvalue weighted by Gasteiger charge is 2.18. The Morgan fingerprint density at radius 2 is 2.04 bits per heavy atom. The van der Waals surface area contributed by atoms with Crippen LogP contribution in [0.5, 0.6) is 0 Å². The number of carbonyl (C=O) groups is 1. The topological polar surface area (TPSA) is 92.7 Å². The number of benzene rings is 1. The van der Waals surface area contributed by atoms with Gasteiger partial charge in [0.25, 0.3) is 0 Å². The molecule has 27 heavy (non-hydrogen) atoms. The molecule has 2 heterocycles. The number of rotatable bonds is 7. The Balaban J connectivity index is 1.92. The molecule has 144 valence electrons.